The molecule has 0 aliphatic rings. The van der Waals surface area contributed by atoms with Crippen molar-refractivity contribution in [2.75, 3.05) is 24.8 Å². The van der Waals surface area contributed by atoms with Crippen molar-refractivity contribution in [2.24, 2.45) is 5.10 Å². The average molecular weight is 261 g/mol. The van der Waals surface area contributed by atoms with Crippen molar-refractivity contribution in [3.63, 3.8) is 0 Å². The van der Waals surface area contributed by atoms with Gasteiger partial charge in [0, 0.05) is 31.1 Å². The fourth-order valence-electron chi connectivity index (χ4n) is 1.08. The Morgan fingerprint density at radius 3 is 2.62 bits per heavy atom. The van der Waals surface area contributed by atoms with Gasteiger partial charge in [-0.05, 0) is 24.3 Å². The number of alkyl halides is 2. The van der Waals surface area contributed by atoms with Gasteiger partial charge in [-0.2, -0.15) is 5.10 Å². The molecule has 0 radical (unpaired) electrons. The van der Waals surface area contributed by atoms with Gasteiger partial charge in [-0.3, -0.25) is 5.01 Å². The molecule has 88 valence electrons. The van der Waals surface area contributed by atoms with E-state index in [9.17, 15) is 0 Å². The minimum Gasteiger partial charge on any atom is -0.465 e. The van der Waals surface area contributed by atoms with Crippen LogP contribution in [0.1, 0.15) is 5.76 Å². The van der Waals surface area contributed by atoms with E-state index in [1.54, 1.807) is 12.5 Å². The number of hydrazone groups is 1. The van der Waals surface area contributed by atoms with Crippen molar-refractivity contribution in [3.8, 4) is 0 Å². The Kier molecular flexibility index (Phi) is 6.77. The van der Waals surface area contributed by atoms with E-state index in [0.717, 1.165) is 5.76 Å². The van der Waals surface area contributed by atoms with Crippen LogP contribution in [-0.4, -0.2) is 36.1 Å². The van der Waals surface area contributed by atoms with E-state index in [1.165, 1.54) is 0 Å². The molecule has 0 saturated carbocycles. The number of hydrogen-bond donors (Lipinski definition) is 0. The molecule has 1 rings (SSSR count). The van der Waals surface area contributed by atoms with Crippen LogP contribution in [0.3, 0.4) is 0 Å². The van der Waals surface area contributed by atoms with Crippen LogP contribution in [0, 0.1) is 0 Å². The lowest BCUT2D eigenvalue weighted by atomic mass is 10.4. The summed E-state index contributed by atoms with van der Waals surface area (Å²) in [5.41, 5.74) is 0. The van der Waals surface area contributed by atoms with E-state index in [2.05, 4.69) is 5.10 Å². The second kappa shape index (κ2) is 8.25. The number of rotatable bonds is 7. The highest BCUT2D eigenvalue weighted by atomic mass is 35.5. The fourth-order valence-corrected chi connectivity index (χ4v) is 1.47. The van der Waals surface area contributed by atoms with Gasteiger partial charge in [0.05, 0.1) is 6.26 Å². The Balaban J connectivity index is 2.38. The molecule has 0 bridgehead atoms. The standard InChI is InChI=1S/C11H14Cl2N2O/c12-5-8-15(9-6-13)14-7-1-3-11-4-2-10-16-11/h1-4,7,10H,5-6,8-9H2. The third-order valence-electron chi connectivity index (χ3n) is 1.80. The van der Waals surface area contributed by atoms with Crippen molar-refractivity contribution in [1.82, 2.24) is 5.01 Å². The molecule has 0 saturated heterocycles. The van der Waals surface area contributed by atoms with Crippen molar-refractivity contribution >= 4 is 35.5 Å². The van der Waals surface area contributed by atoms with E-state index in [1.807, 2.05) is 29.3 Å². The molecule has 0 aliphatic heterocycles. The summed E-state index contributed by atoms with van der Waals surface area (Å²) in [5.74, 6) is 1.87. The summed E-state index contributed by atoms with van der Waals surface area (Å²) in [7, 11) is 0. The highest BCUT2D eigenvalue weighted by molar-refractivity contribution is 6.18. The minimum absolute atomic E-state index is 0.538. The summed E-state index contributed by atoms with van der Waals surface area (Å²) in [6, 6.07) is 3.71. The molecule has 0 amide bonds. The molecule has 0 aliphatic carbocycles. The lowest BCUT2D eigenvalue weighted by Gasteiger charge is -2.14. The summed E-state index contributed by atoms with van der Waals surface area (Å²) in [6.07, 6.45) is 6.98. The number of nitrogens with zero attached hydrogens (tertiary/aromatic N) is 2. The third kappa shape index (κ3) is 5.24. The molecule has 0 atom stereocenters. The largest absolute Gasteiger partial charge is 0.465 e. The van der Waals surface area contributed by atoms with Crippen LogP contribution in [0.2, 0.25) is 0 Å². The van der Waals surface area contributed by atoms with Gasteiger partial charge in [-0.15, -0.1) is 23.2 Å². The van der Waals surface area contributed by atoms with E-state index < -0.39 is 0 Å². The van der Waals surface area contributed by atoms with Crippen LogP contribution >= 0.6 is 23.2 Å². The monoisotopic (exact) mass is 260 g/mol. The minimum atomic E-state index is 0.538. The van der Waals surface area contributed by atoms with Crippen LogP contribution in [0.5, 0.6) is 0 Å². The predicted molar refractivity (Wildman–Crippen MR) is 69.2 cm³/mol. The summed E-state index contributed by atoms with van der Waals surface area (Å²) >= 11 is 11.3. The lowest BCUT2D eigenvalue weighted by Crippen LogP contribution is -2.22. The van der Waals surface area contributed by atoms with Crippen molar-refractivity contribution in [2.45, 2.75) is 0 Å². The number of allylic oxidation sites excluding steroid dienone is 1. The molecule has 1 aromatic rings. The molecule has 0 aromatic carbocycles. The van der Waals surface area contributed by atoms with E-state index in [4.69, 9.17) is 27.6 Å². The van der Waals surface area contributed by atoms with Gasteiger partial charge >= 0.3 is 0 Å². The van der Waals surface area contributed by atoms with E-state index in [0.29, 0.717) is 24.8 Å². The van der Waals surface area contributed by atoms with Crippen LogP contribution in [0.15, 0.2) is 34.0 Å². The zero-order valence-corrected chi connectivity index (χ0v) is 10.4. The Hall–Kier alpha value is -0.930. The number of furan rings is 1. The zero-order chi connectivity index (χ0) is 11.6. The van der Waals surface area contributed by atoms with Gasteiger partial charge in [-0.1, -0.05) is 0 Å². The third-order valence-corrected chi connectivity index (χ3v) is 2.14. The van der Waals surface area contributed by atoms with E-state index in [-0.39, 0.29) is 0 Å². The first-order valence-electron chi connectivity index (χ1n) is 4.98. The zero-order valence-electron chi connectivity index (χ0n) is 8.85. The average Bonchev–Trinajstić information content (AvgIpc) is 2.78. The van der Waals surface area contributed by atoms with Crippen LogP contribution in [0.25, 0.3) is 6.08 Å². The molecule has 1 heterocycles. The molecule has 0 unspecified atom stereocenters. The molecular weight excluding hydrogens is 247 g/mol. The molecular formula is C11H14Cl2N2O. The summed E-state index contributed by atoms with van der Waals surface area (Å²) in [5, 5.41) is 6.04. The van der Waals surface area contributed by atoms with Crippen molar-refractivity contribution in [3.05, 3.63) is 30.2 Å². The van der Waals surface area contributed by atoms with Crippen LogP contribution < -0.4 is 0 Å². The highest BCUT2D eigenvalue weighted by Gasteiger charge is 1.96. The Labute approximate surface area is 105 Å². The van der Waals surface area contributed by atoms with Gasteiger partial charge in [0.1, 0.15) is 5.76 Å². The smallest absolute Gasteiger partial charge is 0.126 e. The van der Waals surface area contributed by atoms with Crippen LogP contribution in [-0.2, 0) is 0 Å². The second-order valence-corrected chi connectivity index (χ2v) is 3.73. The Bertz CT molecular complexity index is 317. The molecule has 0 spiro atoms. The maximum absolute atomic E-state index is 5.63. The first-order valence-corrected chi connectivity index (χ1v) is 6.04. The quantitative estimate of drug-likeness (QED) is 0.429. The lowest BCUT2D eigenvalue weighted by molar-refractivity contribution is 0.327. The van der Waals surface area contributed by atoms with E-state index >= 15 is 0 Å². The van der Waals surface area contributed by atoms with Gasteiger partial charge in [0.25, 0.3) is 0 Å². The molecule has 3 nitrogen and oxygen atoms in total. The molecule has 16 heavy (non-hydrogen) atoms. The van der Waals surface area contributed by atoms with Crippen LogP contribution in [0.4, 0.5) is 0 Å². The summed E-state index contributed by atoms with van der Waals surface area (Å²) in [6.45, 7) is 1.39. The van der Waals surface area contributed by atoms with Gasteiger partial charge in [0.2, 0.25) is 0 Å². The predicted octanol–water partition coefficient (Wildman–Crippen LogP) is 3.06. The summed E-state index contributed by atoms with van der Waals surface area (Å²) in [4.78, 5) is 0. The number of halogens is 2. The maximum Gasteiger partial charge on any atom is 0.126 e. The van der Waals surface area contributed by atoms with Gasteiger partial charge in [0.15, 0.2) is 0 Å². The van der Waals surface area contributed by atoms with Crippen molar-refractivity contribution in [1.29, 1.82) is 0 Å². The SMILES string of the molecule is ClCCN(CCCl)N=CC=Cc1ccco1. The normalized spacial score (nSPS) is 11.6. The van der Waals surface area contributed by atoms with Gasteiger partial charge in [-0.25, -0.2) is 0 Å². The second-order valence-electron chi connectivity index (χ2n) is 2.97. The fraction of sp³-hybridized carbons (Fsp3) is 0.364. The summed E-state index contributed by atoms with van der Waals surface area (Å²) < 4.78 is 5.13. The molecule has 0 fully saturated rings. The van der Waals surface area contributed by atoms with Gasteiger partial charge < -0.3 is 4.42 Å². The first-order chi connectivity index (χ1) is 7.86. The number of hydrogen-bond acceptors (Lipinski definition) is 3. The molecule has 0 N–H and O–H groups in total. The first kappa shape index (κ1) is 13.1. The highest BCUT2D eigenvalue weighted by Crippen LogP contribution is 2.01. The Morgan fingerprint density at radius 1 is 1.31 bits per heavy atom. The molecule has 1 aromatic heterocycles. The Morgan fingerprint density at radius 2 is 2.06 bits per heavy atom. The molecule has 5 heteroatoms. The van der Waals surface area contributed by atoms with Crippen molar-refractivity contribution < 1.29 is 4.42 Å². The maximum atomic E-state index is 5.63. The topological polar surface area (TPSA) is 28.7 Å².